The molecule has 22 heavy (non-hydrogen) atoms. The Kier molecular flexibility index (Phi) is 6.34. The Labute approximate surface area is 133 Å². The Hall–Kier alpha value is -1.46. The number of amides is 1. The van der Waals surface area contributed by atoms with Crippen molar-refractivity contribution in [2.24, 2.45) is 5.92 Å². The predicted octanol–water partition coefficient (Wildman–Crippen LogP) is 1.28. The fourth-order valence-electron chi connectivity index (χ4n) is 3.13. The van der Waals surface area contributed by atoms with E-state index >= 15 is 0 Å². The Morgan fingerprint density at radius 3 is 2.77 bits per heavy atom. The van der Waals surface area contributed by atoms with Gasteiger partial charge in [0, 0.05) is 32.5 Å². The van der Waals surface area contributed by atoms with Gasteiger partial charge in [-0.05, 0) is 56.9 Å². The monoisotopic (exact) mass is 304 g/mol. The van der Waals surface area contributed by atoms with Crippen LogP contribution < -0.4 is 5.32 Å². The minimum Gasteiger partial charge on any atom is -0.358 e. The number of carbonyl (C=O) groups excluding carboxylic acids is 1. The number of hydrogen-bond acceptors (Lipinski definition) is 4. The van der Waals surface area contributed by atoms with Gasteiger partial charge in [0.25, 0.3) is 0 Å². The molecule has 0 aliphatic carbocycles. The van der Waals surface area contributed by atoms with Crippen LogP contribution in [0.1, 0.15) is 24.0 Å². The van der Waals surface area contributed by atoms with E-state index in [-0.39, 0.29) is 5.91 Å². The first-order valence-electron chi connectivity index (χ1n) is 8.09. The minimum absolute atomic E-state index is 0.113. The van der Waals surface area contributed by atoms with Crippen LogP contribution in [-0.4, -0.2) is 61.0 Å². The lowest BCUT2D eigenvalue weighted by atomic mass is 9.96. The smallest absolute Gasteiger partial charge is 0.233 e. The molecule has 5 nitrogen and oxygen atoms in total. The number of aromatic nitrogens is 1. The zero-order valence-corrected chi connectivity index (χ0v) is 14.0. The topological polar surface area (TPSA) is 48.5 Å². The summed E-state index contributed by atoms with van der Waals surface area (Å²) < 4.78 is 0. The molecule has 1 aromatic rings. The van der Waals surface area contributed by atoms with Crippen molar-refractivity contribution in [2.75, 3.05) is 40.3 Å². The molecule has 5 heteroatoms. The minimum atomic E-state index is 0.113. The summed E-state index contributed by atoms with van der Waals surface area (Å²) >= 11 is 0. The molecule has 1 aliphatic rings. The number of nitrogens with zero attached hydrogens (tertiary/aromatic N) is 3. The molecule has 0 aromatic carbocycles. The lowest BCUT2D eigenvalue weighted by molar-refractivity contribution is -0.122. The van der Waals surface area contributed by atoms with Crippen LogP contribution in [0.2, 0.25) is 0 Å². The summed E-state index contributed by atoms with van der Waals surface area (Å²) in [5, 5.41) is 2.69. The van der Waals surface area contributed by atoms with Crippen LogP contribution in [0.25, 0.3) is 0 Å². The second kappa shape index (κ2) is 8.25. The molecule has 2 rings (SSSR count). The Morgan fingerprint density at radius 1 is 1.41 bits per heavy atom. The highest BCUT2D eigenvalue weighted by atomic mass is 16.1. The molecule has 0 saturated carbocycles. The first kappa shape index (κ1) is 16.9. The molecule has 0 spiro atoms. The van der Waals surface area contributed by atoms with Crippen molar-refractivity contribution in [2.45, 2.75) is 26.3 Å². The molecule has 2 heterocycles. The van der Waals surface area contributed by atoms with Crippen LogP contribution in [0.5, 0.6) is 0 Å². The molecule has 1 fully saturated rings. The van der Waals surface area contributed by atoms with E-state index in [1.165, 1.54) is 24.0 Å². The van der Waals surface area contributed by atoms with Gasteiger partial charge in [0.1, 0.15) is 0 Å². The zero-order valence-electron chi connectivity index (χ0n) is 14.0. The van der Waals surface area contributed by atoms with Gasteiger partial charge in [-0.15, -0.1) is 0 Å². The maximum Gasteiger partial charge on any atom is 0.233 e. The summed E-state index contributed by atoms with van der Waals surface area (Å²) in [7, 11) is 3.88. The van der Waals surface area contributed by atoms with Crippen molar-refractivity contribution in [1.29, 1.82) is 0 Å². The normalized spacial score (nSPS) is 16.9. The van der Waals surface area contributed by atoms with Gasteiger partial charge >= 0.3 is 0 Å². The van der Waals surface area contributed by atoms with E-state index in [0.717, 1.165) is 32.1 Å². The summed E-state index contributed by atoms with van der Waals surface area (Å²) in [4.78, 5) is 20.3. The Bertz CT molecular complexity index is 483. The molecule has 0 atom stereocenters. The fourth-order valence-corrected chi connectivity index (χ4v) is 3.13. The molecular formula is C17H28N4O. The number of hydrogen-bond donors (Lipinski definition) is 1. The summed E-state index contributed by atoms with van der Waals surface area (Å²) in [5.41, 5.74) is 2.49. The maximum absolute atomic E-state index is 11.4. The SMILES string of the molecule is CNC(=O)CN1CCC(CN(C)Cc2cncc(C)c2)CC1. The molecule has 1 amide bonds. The highest BCUT2D eigenvalue weighted by molar-refractivity contribution is 5.77. The number of carbonyl (C=O) groups is 1. The molecular weight excluding hydrogens is 276 g/mol. The van der Waals surface area contributed by atoms with Crippen LogP contribution in [-0.2, 0) is 11.3 Å². The highest BCUT2D eigenvalue weighted by Crippen LogP contribution is 2.18. The van der Waals surface area contributed by atoms with E-state index in [2.05, 4.69) is 40.1 Å². The summed E-state index contributed by atoms with van der Waals surface area (Å²) in [5.74, 6) is 0.839. The molecule has 1 aromatic heterocycles. The van der Waals surface area contributed by atoms with Gasteiger partial charge in [0.05, 0.1) is 6.54 Å². The van der Waals surface area contributed by atoms with Crippen molar-refractivity contribution in [3.63, 3.8) is 0 Å². The van der Waals surface area contributed by atoms with Crippen molar-refractivity contribution >= 4 is 5.91 Å². The van der Waals surface area contributed by atoms with Gasteiger partial charge in [-0.2, -0.15) is 0 Å². The molecule has 1 saturated heterocycles. The van der Waals surface area contributed by atoms with Crippen LogP contribution >= 0.6 is 0 Å². The number of nitrogens with one attached hydrogen (secondary N) is 1. The van der Waals surface area contributed by atoms with Crippen molar-refractivity contribution in [1.82, 2.24) is 20.1 Å². The summed E-state index contributed by atoms with van der Waals surface area (Å²) in [6.45, 7) is 6.73. The lowest BCUT2D eigenvalue weighted by Gasteiger charge is -2.33. The van der Waals surface area contributed by atoms with E-state index in [1.807, 2.05) is 12.4 Å². The summed E-state index contributed by atoms with van der Waals surface area (Å²) in [6.07, 6.45) is 6.20. The number of aryl methyl sites for hydroxylation is 1. The van der Waals surface area contributed by atoms with E-state index in [1.54, 1.807) is 7.05 Å². The third-order valence-electron chi connectivity index (χ3n) is 4.31. The van der Waals surface area contributed by atoms with Gasteiger partial charge in [-0.1, -0.05) is 6.07 Å². The number of likely N-dealkylation sites (N-methyl/N-ethyl adjacent to an activating group) is 1. The van der Waals surface area contributed by atoms with Crippen LogP contribution in [0.4, 0.5) is 0 Å². The van der Waals surface area contributed by atoms with Crippen LogP contribution in [0.15, 0.2) is 18.5 Å². The van der Waals surface area contributed by atoms with Gasteiger partial charge in [0.2, 0.25) is 5.91 Å². The second-order valence-electron chi connectivity index (χ2n) is 6.46. The van der Waals surface area contributed by atoms with Gasteiger partial charge in [0.15, 0.2) is 0 Å². The van der Waals surface area contributed by atoms with Gasteiger partial charge in [-0.25, -0.2) is 0 Å². The summed E-state index contributed by atoms with van der Waals surface area (Å²) in [6, 6.07) is 2.20. The molecule has 122 valence electrons. The average Bonchev–Trinajstić information content (AvgIpc) is 2.49. The number of pyridine rings is 1. The maximum atomic E-state index is 11.4. The molecule has 1 N–H and O–H groups in total. The Balaban J connectivity index is 1.72. The second-order valence-corrected chi connectivity index (χ2v) is 6.46. The zero-order chi connectivity index (χ0) is 15.9. The van der Waals surface area contributed by atoms with Crippen molar-refractivity contribution in [3.8, 4) is 0 Å². The van der Waals surface area contributed by atoms with E-state index in [0.29, 0.717) is 6.54 Å². The molecule has 0 bridgehead atoms. The highest BCUT2D eigenvalue weighted by Gasteiger charge is 2.21. The first-order valence-corrected chi connectivity index (χ1v) is 8.09. The van der Waals surface area contributed by atoms with Crippen molar-refractivity contribution in [3.05, 3.63) is 29.6 Å². The largest absolute Gasteiger partial charge is 0.358 e. The average molecular weight is 304 g/mol. The molecule has 0 unspecified atom stereocenters. The third-order valence-corrected chi connectivity index (χ3v) is 4.31. The van der Waals surface area contributed by atoms with Crippen molar-refractivity contribution < 1.29 is 4.79 Å². The number of piperidine rings is 1. The third kappa shape index (κ3) is 5.39. The van der Waals surface area contributed by atoms with E-state index in [9.17, 15) is 4.79 Å². The number of rotatable bonds is 6. The van der Waals surface area contributed by atoms with Crippen LogP contribution in [0, 0.1) is 12.8 Å². The molecule has 1 aliphatic heterocycles. The first-order chi connectivity index (χ1) is 10.6. The predicted molar refractivity (Wildman–Crippen MR) is 88.5 cm³/mol. The molecule has 0 radical (unpaired) electrons. The quantitative estimate of drug-likeness (QED) is 0.860. The number of likely N-dealkylation sites (tertiary alicyclic amines) is 1. The standard InChI is InChI=1S/C17H28N4O/c1-14-8-16(10-19-9-14)12-20(3)11-15-4-6-21(7-5-15)13-17(22)18-2/h8-10,15H,4-7,11-13H2,1-3H3,(H,18,22). The van der Waals surface area contributed by atoms with E-state index in [4.69, 9.17) is 0 Å². The Morgan fingerprint density at radius 2 is 2.14 bits per heavy atom. The fraction of sp³-hybridized carbons (Fsp3) is 0.647. The van der Waals surface area contributed by atoms with Crippen LogP contribution in [0.3, 0.4) is 0 Å². The van der Waals surface area contributed by atoms with E-state index < -0.39 is 0 Å². The lowest BCUT2D eigenvalue weighted by Crippen LogP contribution is -2.42. The van der Waals surface area contributed by atoms with Gasteiger partial charge in [-0.3, -0.25) is 14.7 Å². The van der Waals surface area contributed by atoms with Gasteiger partial charge < -0.3 is 10.2 Å².